The second-order valence-corrected chi connectivity index (χ2v) is 6.20. The van der Waals surface area contributed by atoms with Gasteiger partial charge in [0.15, 0.2) is 0 Å². The van der Waals surface area contributed by atoms with Crippen molar-refractivity contribution in [3.05, 3.63) is 30.5 Å². The van der Waals surface area contributed by atoms with Crippen LogP contribution in [0.3, 0.4) is 0 Å². The second kappa shape index (κ2) is 5.60. The highest BCUT2D eigenvalue weighted by atomic mass is 15.3. The van der Waals surface area contributed by atoms with Gasteiger partial charge in [0.2, 0.25) is 0 Å². The second-order valence-electron chi connectivity index (χ2n) is 6.20. The third-order valence-electron chi connectivity index (χ3n) is 4.81. The number of likely N-dealkylation sites (tertiary alicyclic amines) is 1. The molecule has 2 aromatic rings. The summed E-state index contributed by atoms with van der Waals surface area (Å²) in [6, 6.07) is 8.82. The third kappa shape index (κ3) is 2.60. The van der Waals surface area contributed by atoms with Gasteiger partial charge in [-0.3, -0.25) is 9.88 Å². The topological polar surface area (TPSA) is 32.3 Å². The Hall–Kier alpha value is -1.68. The normalized spacial score (nSPS) is 23.8. The quantitative estimate of drug-likeness (QED) is 0.848. The van der Waals surface area contributed by atoms with E-state index in [1.165, 1.54) is 38.8 Å². The molecule has 1 aromatic carbocycles. The lowest BCUT2D eigenvalue weighted by atomic mass is 10.0. The Kier molecular flexibility index (Phi) is 3.47. The number of rotatable bonds is 2. The van der Waals surface area contributed by atoms with E-state index < -0.39 is 0 Å². The number of hydrogen-bond donors (Lipinski definition) is 0. The summed E-state index contributed by atoms with van der Waals surface area (Å²) >= 11 is 0. The van der Waals surface area contributed by atoms with Gasteiger partial charge in [-0.25, -0.2) is 4.98 Å². The van der Waals surface area contributed by atoms with E-state index in [1.807, 2.05) is 30.5 Å². The van der Waals surface area contributed by atoms with E-state index in [-0.39, 0.29) is 0 Å². The third-order valence-corrected chi connectivity index (χ3v) is 4.81. The van der Waals surface area contributed by atoms with E-state index >= 15 is 0 Å². The Bertz CT molecular complexity index is 621. The van der Waals surface area contributed by atoms with Crippen LogP contribution in [0.1, 0.15) is 25.7 Å². The van der Waals surface area contributed by atoms with Crippen LogP contribution in [0.15, 0.2) is 30.5 Å². The number of hydrogen-bond acceptors (Lipinski definition) is 4. The molecule has 21 heavy (non-hydrogen) atoms. The molecule has 2 saturated heterocycles. The fourth-order valence-corrected chi connectivity index (χ4v) is 3.67. The minimum atomic E-state index is 0.703. The van der Waals surface area contributed by atoms with Gasteiger partial charge in [0.1, 0.15) is 5.82 Å². The zero-order valence-electron chi connectivity index (χ0n) is 12.4. The molecule has 0 unspecified atom stereocenters. The van der Waals surface area contributed by atoms with E-state index in [0.717, 1.165) is 29.9 Å². The molecule has 3 heterocycles. The molecule has 2 aliphatic heterocycles. The molecule has 0 spiro atoms. The number of fused-ring (bicyclic) bond motifs is 1. The molecule has 110 valence electrons. The molecule has 0 saturated carbocycles. The maximum Gasteiger partial charge on any atom is 0.147 e. The zero-order valence-corrected chi connectivity index (χ0v) is 12.4. The van der Waals surface area contributed by atoms with Crippen LogP contribution < -0.4 is 4.90 Å². The van der Waals surface area contributed by atoms with Crippen molar-refractivity contribution in [2.45, 2.75) is 31.7 Å². The summed E-state index contributed by atoms with van der Waals surface area (Å²) in [6.45, 7) is 4.77. The minimum Gasteiger partial charge on any atom is -0.354 e. The molecule has 4 nitrogen and oxygen atoms in total. The summed E-state index contributed by atoms with van der Waals surface area (Å²) in [5.74, 6) is 1.04. The molecule has 0 N–H and O–H groups in total. The Labute approximate surface area is 125 Å². The molecule has 2 aliphatic rings. The van der Waals surface area contributed by atoms with Crippen LogP contribution >= 0.6 is 0 Å². The predicted octanol–water partition coefficient (Wildman–Crippen LogP) is 2.69. The molecule has 0 bridgehead atoms. The molecule has 1 atom stereocenters. The first kappa shape index (κ1) is 13.0. The van der Waals surface area contributed by atoms with Gasteiger partial charge < -0.3 is 4.90 Å². The molecular formula is C17H22N4. The SMILES string of the molecule is c1ccc2nc(N3CCC[C@@H](N4CCCC4)C3)cnc2c1. The number of piperidine rings is 1. The van der Waals surface area contributed by atoms with Crippen molar-refractivity contribution in [1.82, 2.24) is 14.9 Å². The highest BCUT2D eigenvalue weighted by molar-refractivity contribution is 5.75. The Morgan fingerprint density at radius 1 is 0.952 bits per heavy atom. The van der Waals surface area contributed by atoms with Crippen LogP contribution in [0.5, 0.6) is 0 Å². The first-order valence-corrected chi connectivity index (χ1v) is 8.11. The summed E-state index contributed by atoms with van der Waals surface area (Å²) in [6.07, 6.45) is 7.26. The van der Waals surface area contributed by atoms with Gasteiger partial charge in [-0.2, -0.15) is 0 Å². The number of aromatic nitrogens is 2. The van der Waals surface area contributed by atoms with Crippen molar-refractivity contribution >= 4 is 16.9 Å². The lowest BCUT2D eigenvalue weighted by Crippen LogP contribution is -2.47. The van der Waals surface area contributed by atoms with Gasteiger partial charge in [0.25, 0.3) is 0 Å². The highest BCUT2D eigenvalue weighted by Crippen LogP contribution is 2.24. The summed E-state index contributed by atoms with van der Waals surface area (Å²) in [5.41, 5.74) is 1.98. The van der Waals surface area contributed by atoms with Crippen molar-refractivity contribution in [3.8, 4) is 0 Å². The monoisotopic (exact) mass is 282 g/mol. The van der Waals surface area contributed by atoms with Gasteiger partial charge in [-0.05, 0) is 50.9 Å². The van der Waals surface area contributed by atoms with Crippen molar-refractivity contribution in [3.63, 3.8) is 0 Å². The smallest absolute Gasteiger partial charge is 0.147 e. The van der Waals surface area contributed by atoms with Crippen molar-refractivity contribution in [2.75, 3.05) is 31.1 Å². The first-order chi connectivity index (χ1) is 10.4. The molecule has 4 rings (SSSR count). The molecule has 4 heteroatoms. The number of benzene rings is 1. The summed E-state index contributed by atoms with van der Waals surface area (Å²) in [4.78, 5) is 14.5. The van der Waals surface area contributed by atoms with Gasteiger partial charge in [-0.1, -0.05) is 12.1 Å². The largest absolute Gasteiger partial charge is 0.354 e. The van der Waals surface area contributed by atoms with Gasteiger partial charge in [0.05, 0.1) is 17.2 Å². The Balaban J connectivity index is 1.56. The zero-order chi connectivity index (χ0) is 14.1. The van der Waals surface area contributed by atoms with E-state index in [2.05, 4.69) is 14.8 Å². The summed E-state index contributed by atoms with van der Waals surface area (Å²) in [5, 5.41) is 0. The van der Waals surface area contributed by atoms with Crippen LogP contribution in [0.4, 0.5) is 5.82 Å². The van der Waals surface area contributed by atoms with E-state index in [0.29, 0.717) is 6.04 Å². The Morgan fingerprint density at radius 2 is 1.76 bits per heavy atom. The number of anilines is 1. The number of nitrogens with zero attached hydrogens (tertiary/aromatic N) is 4. The molecule has 0 amide bonds. The van der Waals surface area contributed by atoms with Crippen molar-refractivity contribution in [1.29, 1.82) is 0 Å². The maximum absolute atomic E-state index is 4.80. The van der Waals surface area contributed by atoms with Crippen LogP contribution in [-0.4, -0.2) is 47.1 Å². The van der Waals surface area contributed by atoms with Crippen molar-refractivity contribution in [2.24, 2.45) is 0 Å². The highest BCUT2D eigenvalue weighted by Gasteiger charge is 2.27. The first-order valence-electron chi connectivity index (χ1n) is 8.11. The fraction of sp³-hybridized carbons (Fsp3) is 0.529. The lowest BCUT2D eigenvalue weighted by Gasteiger charge is -2.38. The molecule has 2 fully saturated rings. The molecule has 0 aliphatic carbocycles. The molecular weight excluding hydrogens is 260 g/mol. The summed E-state index contributed by atoms with van der Waals surface area (Å²) < 4.78 is 0. The number of para-hydroxylation sites is 2. The minimum absolute atomic E-state index is 0.703. The van der Waals surface area contributed by atoms with Gasteiger partial charge in [-0.15, -0.1) is 0 Å². The lowest BCUT2D eigenvalue weighted by molar-refractivity contribution is 0.215. The maximum atomic E-state index is 4.80. The van der Waals surface area contributed by atoms with Crippen LogP contribution in [-0.2, 0) is 0 Å². The Morgan fingerprint density at radius 3 is 2.62 bits per heavy atom. The van der Waals surface area contributed by atoms with Gasteiger partial charge in [0, 0.05) is 19.1 Å². The average Bonchev–Trinajstić information content (AvgIpc) is 3.09. The van der Waals surface area contributed by atoms with Crippen LogP contribution in [0.2, 0.25) is 0 Å². The average molecular weight is 282 g/mol. The van der Waals surface area contributed by atoms with Crippen LogP contribution in [0.25, 0.3) is 11.0 Å². The van der Waals surface area contributed by atoms with Crippen LogP contribution in [0, 0.1) is 0 Å². The fourth-order valence-electron chi connectivity index (χ4n) is 3.67. The van der Waals surface area contributed by atoms with E-state index in [1.54, 1.807) is 0 Å². The standard InChI is InChI=1S/C17H22N4/c1-2-8-16-15(7-1)18-12-17(19-16)21-11-5-6-14(13-21)20-9-3-4-10-20/h1-2,7-8,12,14H,3-6,9-11,13H2/t14-/m1/s1. The van der Waals surface area contributed by atoms with Gasteiger partial charge >= 0.3 is 0 Å². The van der Waals surface area contributed by atoms with Crippen molar-refractivity contribution < 1.29 is 0 Å². The van der Waals surface area contributed by atoms with E-state index in [4.69, 9.17) is 4.98 Å². The van der Waals surface area contributed by atoms with E-state index in [9.17, 15) is 0 Å². The summed E-state index contributed by atoms with van der Waals surface area (Å²) in [7, 11) is 0. The molecule has 0 radical (unpaired) electrons. The predicted molar refractivity (Wildman–Crippen MR) is 85.6 cm³/mol. The molecule has 1 aromatic heterocycles.